The van der Waals surface area contributed by atoms with Crippen LogP contribution in [0.5, 0.6) is 5.75 Å². The molecule has 0 spiro atoms. The lowest BCUT2D eigenvalue weighted by Crippen LogP contribution is -2.44. The summed E-state index contributed by atoms with van der Waals surface area (Å²) < 4.78 is 5.47. The zero-order chi connectivity index (χ0) is 19.3. The van der Waals surface area contributed by atoms with Crippen LogP contribution in [0.4, 0.5) is 4.79 Å². The van der Waals surface area contributed by atoms with Crippen molar-refractivity contribution in [3.05, 3.63) is 29.8 Å². The van der Waals surface area contributed by atoms with E-state index in [2.05, 4.69) is 5.32 Å². The molecule has 1 aromatic carbocycles. The van der Waals surface area contributed by atoms with Crippen molar-refractivity contribution < 1.29 is 24.2 Å². The molecule has 2 N–H and O–H groups in total. The van der Waals surface area contributed by atoms with Crippen LogP contribution in [0.3, 0.4) is 0 Å². The molecule has 1 fully saturated rings. The SMILES string of the molecule is CCCC[C@@]1(C)NC(=O)N(C[C@H](O)COc2ccc(C(C)=O)cc2)C1=O. The maximum absolute atomic E-state index is 12.5. The number of rotatable bonds is 9. The van der Waals surface area contributed by atoms with Crippen molar-refractivity contribution in [2.75, 3.05) is 13.2 Å². The third kappa shape index (κ3) is 4.60. The van der Waals surface area contributed by atoms with Gasteiger partial charge >= 0.3 is 6.03 Å². The Labute approximate surface area is 153 Å². The molecule has 2 rings (SSSR count). The normalized spacial score (nSPS) is 20.8. The van der Waals surface area contributed by atoms with Gasteiger partial charge in [-0.05, 0) is 44.5 Å². The van der Waals surface area contributed by atoms with Gasteiger partial charge in [-0.25, -0.2) is 4.79 Å². The van der Waals surface area contributed by atoms with E-state index in [0.29, 0.717) is 17.7 Å². The van der Waals surface area contributed by atoms with Crippen LogP contribution in [0.15, 0.2) is 24.3 Å². The summed E-state index contributed by atoms with van der Waals surface area (Å²) in [7, 11) is 0. The van der Waals surface area contributed by atoms with Gasteiger partial charge in [0.25, 0.3) is 5.91 Å². The second-order valence-corrected chi connectivity index (χ2v) is 6.83. The molecule has 1 aliphatic rings. The summed E-state index contributed by atoms with van der Waals surface area (Å²) >= 11 is 0. The average Bonchev–Trinajstić information content (AvgIpc) is 2.82. The lowest BCUT2D eigenvalue weighted by Gasteiger charge is -2.22. The molecule has 1 aromatic rings. The summed E-state index contributed by atoms with van der Waals surface area (Å²) in [5, 5.41) is 12.9. The number of hydrogen-bond acceptors (Lipinski definition) is 5. The molecule has 0 unspecified atom stereocenters. The minimum Gasteiger partial charge on any atom is -0.491 e. The van der Waals surface area contributed by atoms with Gasteiger partial charge < -0.3 is 15.2 Å². The van der Waals surface area contributed by atoms with Gasteiger partial charge in [0.1, 0.15) is 24.0 Å². The average molecular weight is 362 g/mol. The lowest BCUT2D eigenvalue weighted by molar-refractivity contribution is -0.132. The van der Waals surface area contributed by atoms with E-state index in [4.69, 9.17) is 4.74 Å². The molecule has 7 nitrogen and oxygen atoms in total. The Balaban J connectivity index is 1.89. The zero-order valence-corrected chi connectivity index (χ0v) is 15.4. The third-order valence-electron chi connectivity index (χ3n) is 4.47. The smallest absolute Gasteiger partial charge is 0.325 e. The van der Waals surface area contributed by atoms with Gasteiger partial charge in [0.05, 0.1) is 6.54 Å². The maximum Gasteiger partial charge on any atom is 0.325 e. The van der Waals surface area contributed by atoms with Crippen molar-refractivity contribution in [1.29, 1.82) is 0 Å². The number of carbonyl (C=O) groups is 3. The Morgan fingerprint density at radius 3 is 2.54 bits per heavy atom. The number of aliphatic hydroxyl groups is 1. The van der Waals surface area contributed by atoms with Crippen LogP contribution in [0, 0.1) is 0 Å². The molecule has 1 saturated heterocycles. The Morgan fingerprint density at radius 1 is 1.31 bits per heavy atom. The number of ketones is 1. The Kier molecular flexibility index (Phi) is 6.37. The number of aliphatic hydroxyl groups excluding tert-OH is 1. The number of carbonyl (C=O) groups excluding carboxylic acids is 3. The van der Waals surface area contributed by atoms with E-state index in [1.807, 2.05) is 6.92 Å². The third-order valence-corrected chi connectivity index (χ3v) is 4.47. The number of nitrogens with zero attached hydrogens (tertiary/aromatic N) is 1. The minimum absolute atomic E-state index is 0.0405. The predicted octanol–water partition coefficient (Wildman–Crippen LogP) is 2.13. The first kappa shape index (κ1) is 19.9. The molecular formula is C19H26N2O5. The highest BCUT2D eigenvalue weighted by Crippen LogP contribution is 2.23. The van der Waals surface area contributed by atoms with E-state index < -0.39 is 17.7 Å². The molecule has 0 aromatic heterocycles. The molecule has 0 radical (unpaired) electrons. The number of hydrogen-bond donors (Lipinski definition) is 2. The summed E-state index contributed by atoms with van der Waals surface area (Å²) in [5.74, 6) is 0.140. The van der Waals surface area contributed by atoms with Gasteiger partial charge in [-0.3, -0.25) is 14.5 Å². The summed E-state index contributed by atoms with van der Waals surface area (Å²) in [6, 6.07) is 6.07. The fourth-order valence-electron chi connectivity index (χ4n) is 2.85. The number of ether oxygens (including phenoxy) is 1. The quantitative estimate of drug-likeness (QED) is 0.518. The Bertz CT molecular complexity index is 673. The molecule has 142 valence electrons. The highest BCUT2D eigenvalue weighted by molar-refractivity contribution is 6.06. The lowest BCUT2D eigenvalue weighted by atomic mass is 9.95. The van der Waals surface area contributed by atoms with Crippen LogP contribution in [0.25, 0.3) is 0 Å². The number of imide groups is 1. The van der Waals surface area contributed by atoms with Crippen molar-refractivity contribution in [3.63, 3.8) is 0 Å². The molecule has 26 heavy (non-hydrogen) atoms. The second-order valence-electron chi connectivity index (χ2n) is 6.83. The van der Waals surface area contributed by atoms with Gasteiger partial charge in [-0.15, -0.1) is 0 Å². The van der Waals surface area contributed by atoms with Crippen molar-refractivity contribution in [2.45, 2.75) is 51.7 Å². The highest BCUT2D eigenvalue weighted by atomic mass is 16.5. The topological polar surface area (TPSA) is 95.9 Å². The molecule has 1 aliphatic heterocycles. The standard InChI is InChI=1S/C19H26N2O5/c1-4-5-10-19(3)17(24)21(18(25)20-19)11-15(23)12-26-16-8-6-14(7-9-16)13(2)22/h6-9,15,23H,4-5,10-12H2,1-3H3,(H,20,25)/t15-,19+/m0/s1. The number of amides is 3. The van der Waals surface area contributed by atoms with Crippen molar-refractivity contribution in [1.82, 2.24) is 10.2 Å². The van der Waals surface area contributed by atoms with Crippen LogP contribution < -0.4 is 10.1 Å². The van der Waals surface area contributed by atoms with Gasteiger partial charge in [-0.1, -0.05) is 19.8 Å². The molecule has 1 heterocycles. The van der Waals surface area contributed by atoms with Gasteiger partial charge in [0.2, 0.25) is 0 Å². The van der Waals surface area contributed by atoms with Crippen molar-refractivity contribution in [2.24, 2.45) is 0 Å². The Morgan fingerprint density at radius 2 is 1.96 bits per heavy atom. The fourth-order valence-corrected chi connectivity index (χ4v) is 2.85. The highest BCUT2D eigenvalue weighted by Gasteiger charge is 2.47. The van der Waals surface area contributed by atoms with E-state index in [0.717, 1.165) is 17.7 Å². The van der Waals surface area contributed by atoms with Crippen molar-refractivity contribution in [3.8, 4) is 5.75 Å². The van der Waals surface area contributed by atoms with Gasteiger partial charge in [0.15, 0.2) is 5.78 Å². The predicted molar refractivity (Wildman–Crippen MR) is 96.1 cm³/mol. The van der Waals surface area contributed by atoms with Crippen molar-refractivity contribution >= 4 is 17.7 Å². The van der Waals surface area contributed by atoms with Gasteiger partial charge in [-0.2, -0.15) is 0 Å². The van der Waals surface area contributed by atoms with Crippen LogP contribution in [0.2, 0.25) is 0 Å². The molecule has 3 amide bonds. The second kappa shape index (κ2) is 8.31. The molecular weight excluding hydrogens is 336 g/mol. The van der Waals surface area contributed by atoms with Crippen LogP contribution in [-0.2, 0) is 4.79 Å². The minimum atomic E-state index is -1.01. The van der Waals surface area contributed by atoms with Crippen LogP contribution in [-0.4, -0.2) is 52.5 Å². The van der Waals surface area contributed by atoms with E-state index in [1.54, 1.807) is 31.2 Å². The number of β-amino-alcohol motifs (C(OH)–C–C–N with tert-alkyl or cyclic N) is 1. The number of Topliss-reactive ketones (excluding diaryl/α,β-unsaturated/α-hetero) is 1. The Hall–Kier alpha value is -2.41. The number of urea groups is 1. The first-order chi connectivity index (χ1) is 12.3. The first-order valence-electron chi connectivity index (χ1n) is 8.83. The van der Waals surface area contributed by atoms with E-state index in [9.17, 15) is 19.5 Å². The van der Waals surface area contributed by atoms with Crippen LogP contribution in [0.1, 0.15) is 50.4 Å². The molecule has 0 bridgehead atoms. The van der Waals surface area contributed by atoms with Gasteiger partial charge in [0, 0.05) is 5.56 Å². The largest absolute Gasteiger partial charge is 0.491 e. The molecule has 0 saturated carbocycles. The summed E-state index contributed by atoms with van der Waals surface area (Å²) in [5.41, 5.74) is -0.334. The molecule has 2 atom stereocenters. The summed E-state index contributed by atoms with van der Waals surface area (Å²) in [6.45, 7) is 5.01. The molecule has 7 heteroatoms. The van der Waals surface area contributed by atoms with E-state index in [-0.39, 0.29) is 24.8 Å². The monoisotopic (exact) mass is 362 g/mol. The first-order valence-corrected chi connectivity index (χ1v) is 8.83. The summed E-state index contributed by atoms with van der Waals surface area (Å²) in [4.78, 5) is 36.9. The van der Waals surface area contributed by atoms with E-state index in [1.165, 1.54) is 6.92 Å². The number of unbranched alkanes of at least 4 members (excludes halogenated alkanes) is 1. The number of benzene rings is 1. The zero-order valence-electron chi connectivity index (χ0n) is 15.4. The fraction of sp³-hybridized carbons (Fsp3) is 0.526. The van der Waals surface area contributed by atoms with E-state index >= 15 is 0 Å². The number of nitrogens with one attached hydrogen (secondary N) is 1. The summed E-state index contributed by atoms with van der Waals surface area (Å²) in [6.07, 6.45) is 1.32. The van der Waals surface area contributed by atoms with Crippen LogP contribution >= 0.6 is 0 Å². The molecule has 0 aliphatic carbocycles. The maximum atomic E-state index is 12.5.